The minimum Gasteiger partial charge on any atom is -0.208 e. The third-order valence-corrected chi connectivity index (χ3v) is 8.39. The molecule has 206 valence electrons. The number of nitrogens with zero attached hydrogens (tertiary/aromatic N) is 4. The lowest BCUT2D eigenvalue weighted by Crippen LogP contribution is -2.03. The number of nitriles is 1. The van der Waals surface area contributed by atoms with Crippen molar-refractivity contribution in [3.05, 3.63) is 144 Å². The molecule has 1 heterocycles. The van der Waals surface area contributed by atoms with Gasteiger partial charge in [-0.15, -0.1) is 0 Å². The van der Waals surface area contributed by atoms with Crippen LogP contribution in [0, 0.1) is 11.3 Å². The van der Waals surface area contributed by atoms with Gasteiger partial charge in [0.2, 0.25) is 0 Å². The fourth-order valence-electron chi connectivity index (χ4n) is 6.34. The van der Waals surface area contributed by atoms with Crippen molar-refractivity contribution >= 4 is 27.6 Å². The summed E-state index contributed by atoms with van der Waals surface area (Å²) in [6.07, 6.45) is 6.49. The first-order valence-corrected chi connectivity index (χ1v) is 14.8. The average molecular weight is 563 g/mol. The zero-order valence-electron chi connectivity index (χ0n) is 23.9. The van der Waals surface area contributed by atoms with Gasteiger partial charge < -0.3 is 0 Å². The molecule has 44 heavy (non-hydrogen) atoms. The van der Waals surface area contributed by atoms with Gasteiger partial charge in [0.25, 0.3) is 0 Å². The average Bonchev–Trinajstić information content (AvgIpc) is 3.12. The number of benzene rings is 6. The molecule has 0 atom stereocenters. The van der Waals surface area contributed by atoms with Crippen LogP contribution < -0.4 is 0 Å². The normalized spacial score (nSPS) is 12.2. The molecule has 4 nitrogen and oxygen atoms in total. The zero-order chi connectivity index (χ0) is 29.5. The van der Waals surface area contributed by atoms with Gasteiger partial charge in [0.15, 0.2) is 17.5 Å². The Labute approximate surface area is 255 Å². The molecule has 0 bridgehead atoms. The van der Waals surface area contributed by atoms with Crippen LogP contribution in [0.5, 0.6) is 0 Å². The van der Waals surface area contributed by atoms with Crippen LogP contribution in [-0.4, -0.2) is 15.0 Å². The highest BCUT2D eigenvalue weighted by Crippen LogP contribution is 2.43. The van der Waals surface area contributed by atoms with Crippen LogP contribution >= 0.6 is 0 Å². The maximum absolute atomic E-state index is 9.68. The lowest BCUT2D eigenvalue weighted by atomic mass is 9.83. The van der Waals surface area contributed by atoms with Crippen LogP contribution in [0.15, 0.2) is 127 Å². The fourth-order valence-corrected chi connectivity index (χ4v) is 6.34. The molecule has 0 aliphatic heterocycles. The number of aromatic nitrogens is 3. The van der Waals surface area contributed by atoms with E-state index in [1.165, 1.54) is 27.3 Å². The molecule has 7 aromatic rings. The third-order valence-electron chi connectivity index (χ3n) is 8.39. The number of allylic oxidation sites excluding steroid dienone is 1. The number of fused-ring (bicyclic) bond motifs is 6. The second-order valence-electron chi connectivity index (χ2n) is 11.1. The molecular formula is C40H26N4. The highest BCUT2D eigenvalue weighted by molar-refractivity contribution is 6.19. The van der Waals surface area contributed by atoms with Gasteiger partial charge >= 0.3 is 0 Å². The molecule has 8 rings (SSSR count). The molecule has 0 saturated carbocycles. The largest absolute Gasteiger partial charge is 0.208 e. The number of rotatable bonds is 4. The molecule has 0 N–H and O–H groups in total. The first kappa shape index (κ1) is 25.8. The first-order chi connectivity index (χ1) is 21.8. The monoisotopic (exact) mass is 562 g/mol. The fraction of sp³-hybridized carbons (Fsp3) is 0.0500. The summed E-state index contributed by atoms with van der Waals surface area (Å²) < 4.78 is 0. The van der Waals surface area contributed by atoms with Gasteiger partial charge in [-0.05, 0) is 75.5 Å². The van der Waals surface area contributed by atoms with Gasteiger partial charge in [-0.1, -0.05) is 109 Å². The molecule has 0 saturated heterocycles. The summed E-state index contributed by atoms with van der Waals surface area (Å²) in [5.74, 6) is 1.88. The third kappa shape index (κ3) is 4.43. The van der Waals surface area contributed by atoms with Crippen molar-refractivity contribution in [1.29, 1.82) is 5.26 Å². The maximum Gasteiger partial charge on any atom is 0.164 e. The molecule has 0 amide bonds. The Hall–Kier alpha value is -5.92. The molecule has 1 aliphatic rings. The predicted molar refractivity (Wildman–Crippen MR) is 179 cm³/mol. The van der Waals surface area contributed by atoms with Gasteiger partial charge in [-0.25, -0.2) is 15.0 Å². The van der Waals surface area contributed by atoms with E-state index in [0.29, 0.717) is 23.0 Å². The van der Waals surface area contributed by atoms with Gasteiger partial charge in [-0.3, -0.25) is 0 Å². The topological polar surface area (TPSA) is 62.5 Å². The summed E-state index contributed by atoms with van der Waals surface area (Å²) in [7, 11) is 0. The quantitative estimate of drug-likeness (QED) is 0.200. The summed E-state index contributed by atoms with van der Waals surface area (Å²) in [5.41, 5.74) is 8.07. The molecule has 0 radical (unpaired) electrons. The minimum atomic E-state index is 0.623. The van der Waals surface area contributed by atoms with Gasteiger partial charge in [0.1, 0.15) is 0 Å². The molecule has 6 aromatic carbocycles. The Morgan fingerprint density at radius 2 is 1.18 bits per heavy atom. The Bertz CT molecular complexity index is 2220. The SMILES string of the molecule is N#Cc1cccc(-c2cc(-c3nc(-c4ccccc4)nc(-c4ccccc4)n3)c3c(c2)c2c(c4ccccc43)C=CCC2)c1. The summed E-state index contributed by atoms with van der Waals surface area (Å²) >= 11 is 0. The summed E-state index contributed by atoms with van der Waals surface area (Å²) in [6, 6.07) is 43.4. The predicted octanol–water partition coefficient (Wildman–Crippen LogP) is 9.68. The van der Waals surface area contributed by atoms with Crippen molar-refractivity contribution in [2.75, 3.05) is 0 Å². The molecule has 0 fully saturated rings. The van der Waals surface area contributed by atoms with Crippen LogP contribution in [0.25, 0.3) is 72.9 Å². The van der Waals surface area contributed by atoms with Crippen LogP contribution in [0.1, 0.15) is 23.1 Å². The van der Waals surface area contributed by atoms with E-state index >= 15 is 0 Å². The van der Waals surface area contributed by atoms with Crippen molar-refractivity contribution in [1.82, 2.24) is 15.0 Å². The standard InChI is InChI=1S/C40H26N4/c41-25-26-12-11-17-29(22-26)30-23-35-33-20-8-7-18-31(33)32-19-9-10-21-34(32)37(35)36(24-30)40-43-38(27-13-3-1-4-14-27)42-39(44-40)28-15-5-2-6-16-28/h1-7,9-19,21-24H,8,20H2. The zero-order valence-corrected chi connectivity index (χ0v) is 23.9. The molecule has 1 aromatic heterocycles. The Balaban J connectivity index is 1.51. The minimum absolute atomic E-state index is 0.623. The van der Waals surface area contributed by atoms with Crippen LogP contribution in [0.4, 0.5) is 0 Å². The summed E-state index contributed by atoms with van der Waals surface area (Å²) in [4.78, 5) is 15.2. The highest BCUT2D eigenvalue weighted by Gasteiger charge is 2.21. The van der Waals surface area contributed by atoms with Crippen molar-refractivity contribution in [3.63, 3.8) is 0 Å². The van der Waals surface area contributed by atoms with Gasteiger partial charge in [0, 0.05) is 22.1 Å². The Kier molecular flexibility index (Phi) is 6.28. The number of hydrogen-bond donors (Lipinski definition) is 0. The summed E-state index contributed by atoms with van der Waals surface area (Å²) in [6.45, 7) is 0. The van der Waals surface area contributed by atoms with E-state index in [1.54, 1.807) is 0 Å². The van der Waals surface area contributed by atoms with E-state index in [-0.39, 0.29) is 0 Å². The van der Waals surface area contributed by atoms with E-state index in [9.17, 15) is 5.26 Å². The Morgan fingerprint density at radius 1 is 0.545 bits per heavy atom. The van der Waals surface area contributed by atoms with Gasteiger partial charge in [-0.2, -0.15) is 5.26 Å². The lowest BCUT2D eigenvalue weighted by Gasteiger charge is -2.21. The maximum atomic E-state index is 9.68. The second kappa shape index (κ2) is 10.7. The van der Waals surface area contributed by atoms with Crippen LogP contribution in [-0.2, 0) is 6.42 Å². The second-order valence-corrected chi connectivity index (χ2v) is 11.1. The number of aryl methyl sites for hydroxylation is 1. The van der Waals surface area contributed by atoms with Crippen molar-refractivity contribution in [2.45, 2.75) is 12.8 Å². The molecule has 1 aliphatic carbocycles. The van der Waals surface area contributed by atoms with E-state index < -0.39 is 0 Å². The van der Waals surface area contributed by atoms with Crippen molar-refractivity contribution in [2.24, 2.45) is 0 Å². The first-order valence-electron chi connectivity index (χ1n) is 14.8. The van der Waals surface area contributed by atoms with E-state index in [0.717, 1.165) is 46.0 Å². The lowest BCUT2D eigenvalue weighted by molar-refractivity contribution is 1.00. The van der Waals surface area contributed by atoms with Crippen molar-refractivity contribution < 1.29 is 0 Å². The van der Waals surface area contributed by atoms with Crippen molar-refractivity contribution in [3.8, 4) is 51.4 Å². The van der Waals surface area contributed by atoms with E-state index in [4.69, 9.17) is 15.0 Å². The van der Waals surface area contributed by atoms with E-state index in [2.05, 4.69) is 60.7 Å². The van der Waals surface area contributed by atoms with Crippen LogP contribution in [0.3, 0.4) is 0 Å². The molecule has 0 spiro atoms. The highest BCUT2D eigenvalue weighted by atomic mass is 15.0. The molecule has 4 heteroatoms. The van der Waals surface area contributed by atoms with Crippen LogP contribution in [0.2, 0.25) is 0 Å². The smallest absolute Gasteiger partial charge is 0.164 e. The van der Waals surface area contributed by atoms with E-state index in [1.807, 2.05) is 78.9 Å². The Morgan fingerprint density at radius 3 is 1.89 bits per heavy atom. The molecule has 0 unspecified atom stereocenters. The number of hydrogen-bond acceptors (Lipinski definition) is 4. The molecular weight excluding hydrogens is 536 g/mol. The summed E-state index contributed by atoms with van der Waals surface area (Å²) in [5, 5.41) is 14.4. The van der Waals surface area contributed by atoms with Gasteiger partial charge in [0.05, 0.1) is 11.6 Å².